The SMILES string of the molecule is Cc1noc(C)c1C(=O)Nc1ccncc1Br. The molecule has 0 radical (unpaired) electrons. The van der Waals surface area contributed by atoms with Gasteiger partial charge in [-0.3, -0.25) is 9.78 Å². The van der Waals surface area contributed by atoms with Crippen LogP contribution >= 0.6 is 15.9 Å². The molecule has 2 aromatic heterocycles. The molecule has 0 aliphatic heterocycles. The maximum absolute atomic E-state index is 12.0. The van der Waals surface area contributed by atoms with E-state index in [-0.39, 0.29) is 5.91 Å². The largest absolute Gasteiger partial charge is 0.361 e. The number of hydrogen-bond acceptors (Lipinski definition) is 4. The van der Waals surface area contributed by atoms with Gasteiger partial charge in [-0.2, -0.15) is 0 Å². The van der Waals surface area contributed by atoms with Crippen molar-refractivity contribution in [2.24, 2.45) is 0 Å². The van der Waals surface area contributed by atoms with E-state index in [2.05, 4.69) is 31.4 Å². The van der Waals surface area contributed by atoms with E-state index < -0.39 is 0 Å². The summed E-state index contributed by atoms with van der Waals surface area (Å²) >= 11 is 3.31. The van der Waals surface area contributed by atoms with Gasteiger partial charge in [0.05, 0.1) is 15.9 Å². The molecule has 0 unspecified atom stereocenters. The number of rotatable bonds is 2. The summed E-state index contributed by atoms with van der Waals surface area (Å²) in [5, 5.41) is 6.51. The second-order valence-electron chi connectivity index (χ2n) is 3.51. The Balaban J connectivity index is 2.27. The molecule has 6 heteroatoms. The Hall–Kier alpha value is -1.69. The number of carbonyl (C=O) groups excluding carboxylic acids is 1. The summed E-state index contributed by atoms with van der Waals surface area (Å²) < 4.78 is 5.67. The molecule has 1 amide bonds. The minimum atomic E-state index is -0.242. The van der Waals surface area contributed by atoms with E-state index >= 15 is 0 Å². The predicted molar refractivity (Wildman–Crippen MR) is 65.9 cm³/mol. The van der Waals surface area contributed by atoms with Gasteiger partial charge in [-0.1, -0.05) is 5.16 Å². The molecule has 2 aromatic rings. The molecular weight excluding hydrogens is 286 g/mol. The number of nitrogens with zero attached hydrogens (tertiary/aromatic N) is 2. The van der Waals surface area contributed by atoms with Gasteiger partial charge in [0, 0.05) is 12.4 Å². The summed E-state index contributed by atoms with van der Waals surface area (Å²) in [6.07, 6.45) is 3.22. The first-order valence-electron chi connectivity index (χ1n) is 4.93. The van der Waals surface area contributed by atoms with Crippen LogP contribution in [0.2, 0.25) is 0 Å². The van der Waals surface area contributed by atoms with Gasteiger partial charge in [-0.15, -0.1) is 0 Å². The fourth-order valence-electron chi connectivity index (χ4n) is 1.47. The van der Waals surface area contributed by atoms with Crippen LogP contribution in [-0.4, -0.2) is 16.0 Å². The molecule has 2 rings (SSSR count). The van der Waals surface area contributed by atoms with Crippen LogP contribution < -0.4 is 5.32 Å². The first-order valence-corrected chi connectivity index (χ1v) is 5.72. The molecular formula is C11H10BrN3O2. The Labute approximate surface area is 106 Å². The number of pyridine rings is 1. The fraction of sp³-hybridized carbons (Fsp3) is 0.182. The zero-order valence-corrected chi connectivity index (χ0v) is 10.9. The average molecular weight is 296 g/mol. The Morgan fingerprint density at radius 1 is 1.47 bits per heavy atom. The highest BCUT2D eigenvalue weighted by atomic mass is 79.9. The van der Waals surface area contributed by atoms with Crippen molar-refractivity contribution in [2.45, 2.75) is 13.8 Å². The monoisotopic (exact) mass is 295 g/mol. The molecule has 0 aromatic carbocycles. The number of halogens is 1. The van der Waals surface area contributed by atoms with Crippen molar-refractivity contribution in [1.29, 1.82) is 0 Å². The smallest absolute Gasteiger partial charge is 0.261 e. The molecule has 0 fully saturated rings. The van der Waals surface area contributed by atoms with E-state index in [1.165, 1.54) is 0 Å². The van der Waals surface area contributed by atoms with Crippen molar-refractivity contribution in [3.63, 3.8) is 0 Å². The van der Waals surface area contributed by atoms with Gasteiger partial charge in [-0.25, -0.2) is 0 Å². The predicted octanol–water partition coefficient (Wildman–Crippen LogP) is 2.70. The van der Waals surface area contributed by atoms with Gasteiger partial charge < -0.3 is 9.84 Å². The number of aryl methyl sites for hydroxylation is 2. The number of nitrogens with one attached hydrogen (secondary N) is 1. The standard InChI is InChI=1S/C11H10BrN3O2/c1-6-10(7(2)17-15-6)11(16)14-9-3-4-13-5-8(9)12/h3-5H,1-2H3,(H,13,14,16). The highest BCUT2D eigenvalue weighted by Crippen LogP contribution is 2.22. The third kappa shape index (κ3) is 2.36. The maximum atomic E-state index is 12.0. The third-order valence-electron chi connectivity index (χ3n) is 2.28. The van der Waals surface area contributed by atoms with Gasteiger partial charge >= 0.3 is 0 Å². The quantitative estimate of drug-likeness (QED) is 0.925. The third-order valence-corrected chi connectivity index (χ3v) is 2.91. The molecule has 0 saturated heterocycles. The Kier molecular flexibility index (Phi) is 3.23. The molecule has 0 bridgehead atoms. The van der Waals surface area contributed by atoms with Crippen LogP contribution in [0.1, 0.15) is 21.8 Å². The fourth-order valence-corrected chi connectivity index (χ4v) is 1.82. The van der Waals surface area contributed by atoms with Gasteiger partial charge in [0.1, 0.15) is 11.3 Å². The average Bonchev–Trinajstić information content (AvgIpc) is 2.62. The lowest BCUT2D eigenvalue weighted by Gasteiger charge is -2.05. The summed E-state index contributed by atoms with van der Waals surface area (Å²) in [4.78, 5) is 15.9. The van der Waals surface area contributed by atoms with Crippen LogP contribution in [0.4, 0.5) is 5.69 Å². The van der Waals surface area contributed by atoms with Crippen LogP contribution in [0.5, 0.6) is 0 Å². The molecule has 0 spiro atoms. The molecule has 0 aliphatic rings. The summed E-state index contributed by atoms with van der Waals surface area (Å²) in [6, 6.07) is 1.71. The van der Waals surface area contributed by atoms with Crippen LogP contribution in [0.25, 0.3) is 0 Å². The minimum absolute atomic E-state index is 0.242. The molecule has 1 N–H and O–H groups in total. The zero-order chi connectivity index (χ0) is 12.4. The highest BCUT2D eigenvalue weighted by molar-refractivity contribution is 9.10. The van der Waals surface area contributed by atoms with E-state index in [0.29, 0.717) is 22.7 Å². The molecule has 88 valence electrons. The van der Waals surface area contributed by atoms with Crippen molar-refractivity contribution in [3.8, 4) is 0 Å². The first-order chi connectivity index (χ1) is 8.09. The lowest BCUT2D eigenvalue weighted by molar-refractivity contribution is 0.102. The van der Waals surface area contributed by atoms with Crippen LogP contribution in [0.15, 0.2) is 27.5 Å². The minimum Gasteiger partial charge on any atom is -0.361 e. The first kappa shape index (κ1) is 11.8. The van der Waals surface area contributed by atoms with E-state index in [0.717, 1.165) is 4.47 Å². The van der Waals surface area contributed by atoms with Crippen molar-refractivity contribution in [2.75, 3.05) is 5.32 Å². The van der Waals surface area contributed by atoms with Crippen LogP contribution in [-0.2, 0) is 0 Å². The number of anilines is 1. The zero-order valence-electron chi connectivity index (χ0n) is 9.32. The van der Waals surface area contributed by atoms with Crippen molar-refractivity contribution < 1.29 is 9.32 Å². The number of amides is 1. The number of hydrogen-bond donors (Lipinski definition) is 1. The Morgan fingerprint density at radius 3 is 2.82 bits per heavy atom. The summed E-state index contributed by atoms with van der Waals surface area (Å²) in [5.74, 6) is 0.262. The van der Waals surface area contributed by atoms with E-state index in [4.69, 9.17) is 4.52 Å². The molecule has 0 aliphatic carbocycles. The second kappa shape index (κ2) is 4.67. The lowest BCUT2D eigenvalue weighted by Crippen LogP contribution is -2.14. The summed E-state index contributed by atoms with van der Waals surface area (Å²) in [5.41, 5.74) is 1.70. The van der Waals surface area contributed by atoms with Crippen molar-refractivity contribution >= 4 is 27.5 Å². The normalized spacial score (nSPS) is 10.3. The van der Waals surface area contributed by atoms with Gasteiger partial charge in [0.25, 0.3) is 5.91 Å². The molecule has 5 nitrogen and oxygen atoms in total. The van der Waals surface area contributed by atoms with Gasteiger partial charge in [0.2, 0.25) is 0 Å². The van der Waals surface area contributed by atoms with Crippen molar-refractivity contribution in [3.05, 3.63) is 40.0 Å². The van der Waals surface area contributed by atoms with Gasteiger partial charge in [-0.05, 0) is 35.8 Å². The van der Waals surface area contributed by atoms with E-state index in [1.54, 1.807) is 32.3 Å². The van der Waals surface area contributed by atoms with E-state index in [1.807, 2.05) is 0 Å². The van der Waals surface area contributed by atoms with Crippen molar-refractivity contribution in [1.82, 2.24) is 10.1 Å². The van der Waals surface area contributed by atoms with Crippen LogP contribution in [0, 0.1) is 13.8 Å². The molecule has 0 saturated carbocycles. The second-order valence-corrected chi connectivity index (χ2v) is 4.36. The lowest BCUT2D eigenvalue weighted by atomic mass is 10.2. The summed E-state index contributed by atoms with van der Waals surface area (Å²) in [6.45, 7) is 3.43. The Bertz CT molecular complexity index is 546. The number of carbonyl (C=O) groups is 1. The highest BCUT2D eigenvalue weighted by Gasteiger charge is 2.18. The number of aromatic nitrogens is 2. The van der Waals surface area contributed by atoms with Gasteiger partial charge in [0.15, 0.2) is 0 Å². The van der Waals surface area contributed by atoms with E-state index in [9.17, 15) is 4.79 Å². The molecule has 2 heterocycles. The maximum Gasteiger partial charge on any atom is 0.261 e. The molecule has 0 atom stereocenters. The van der Waals surface area contributed by atoms with Crippen LogP contribution in [0.3, 0.4) is 0 Å². The summed E-state index contributed by atoms with van der Waals surface area (Å²) in [7, 11) is 0. The Morgan fingerprint density at radius 2 is 2.24 bits per heavy atom. The topological polar surface area (TPSA) is 68.0 Å². The molecule has 17 heavy (non-hydrogen) atoms.